The summed E-state index contributed by atoms with van der Waals surface area (Å²) >= 11 is 0.764. The van der Waals surface area contributed by atoms with Gasteiger partial charge in [-0.15, -0.1) is 0 Å². The molecule has 1 aliphatic rings. The zero-order valence-corrected chi connectivity index (χ0v) is 15.8. The highest BCUT2D eigenvalue weighted by Gasteiger charge is 2.34. The average molecular weight is 391 g/mol. The summed E-state index contributed by atoms with van der Waals surface area (Å²) in [7, 11) is 0. The van der Waals surface area contributed by atoms with E-state index in [1.54, 1.807) is 44.2 Å². The number of hydrogen-bond acceptors (Lipinski definition) is 6. The van der Waals surface area contributed by atoms with Crippen molar-refractivity contribution in [2.75, 3.05) is 6.54 Å². The number of carbonyl (C=O) groups is 5. The summed E-state index contributed by atoms with van der Waals surface area (Å²) in [5, 5.41) is 6.57. The van der Waals surface area contributed by atoms with Crippen LogP contribution < -0.4 is 16.0 Å². The van der Waals surface area contributed by atoms with Crippen molar-refractivity contribution in [3.63, 3.8) is 0 Å². The molecule has 1 heterocycles. The fourth-order valence-corrected chi connectivity index (χ4v) is 3.14. The standard InChI is InChI=1S/C18H21N3O5S/c1-10(2)13(15(23)20-12-8-9-19-16(24)14(12)22)21-17(25)18(26)27-11-6-4-3-5-7-11/h3-7,10,12-13H,8-9H2,1-2H3,(H,19,24)(H,20,23)(H,21,25). The minimum Gasteiger partial charge on any atom is -0.349 e. The van der Waals surface area contributed by atoms with Crippen LogP contribution in [0.2, 0.25) is 0 Å². The predicted octanol–water partition coefficient (Wildman–Crippen LogP) is 0.0199. The molecule has 1 aliphatic heterocycles. The third-order valence-electron chi connectivity index (χ3n) is 3.95. The molecule has 27 heavy (non-hydrogen) atoms. The molecule has 2 rings (SSSR count). The van der Waals surface area contributed by atoms with Crippen molar-refractivity contribution in [1.82, 2.24) is 16.0 Å². The lowest BCUT2D eigenvalue weighted by Crippen LogP contribution is -2.58. The molecule has 1 saturated heterocycles. The van der Waals surface area contributed by atoms with Crippen LogP contribution in [-0.4, -0.2) is 47.2 Å². The van der Waals surface area contributed by atoms with E-state index in [1.165, 1.54) is 0 Å². The Morgan fingerprint density at radius 3 is 2.44 bits per heavy atom. The molecule has 0 bridgehead atoms. The Morgan fingerprint density at radius 2 is 1.81 bits per heavy atom. The maximum absolute atomic E-state index is 12.5. The number of benzene rings is 1. The number of rotatable bonds is 5. The van der Waals surface area contributed by atoms with Crippen molar-refractivity contribution in [1.29, 1.82) is 0 Å². The summed E-state index contributed by atoms with van der Waals surface area (Å²) in [6.07, 6.45) is 0.276. The van der Waals surface area contributed by atoms with E-state index >= 15 is 0 Å². The van der Waals surface area contributed by atoms with Crippen molar-refractivity contribution in [2.45, 2.75) is 37.2 Å². The van der Waals surface area contributed by atoms with E-state index < -0.39 is 40.7 Å². The molecule has 0 saturated carbocycles. The Bertz CT molecular complexity index is 751. The topological polar surface area (TPSA) is 121 Å². The van der Waals surface area contributed by atoms with Gasteiger partial charge in [0, 0.05) is 11.4 Å². The summed E-state index contributed by atoms with van der Waals surface area (Å²) in [5.41, 5.74) is 0. The Morgan fingerprint density at radius 1 is 1.15 bits per heavy atom. The fraction of sp³-hybridized carbons (Fsp3) is 0.389. The molecule has 2 atom stereocenters. The van der Waals surface area contributed by atoms with Gasteiger partial charge in [-0.05, 0) is 36.2 Å². The number of hydrogen-bond donors (Lipinski definition) is 3. The van der Waals surface area contributed by atoms with Crippen molar-refractivity contribution >= 4 is 40.4 Å². The van der Waals surface area contributed by atoms with Gasteiger partial charge in [0.2, 0.25) is 11.7 Å². The van der Waals surface area contributed by atoms with Crippen molar-refractivity contribution in [3.05, 3.63) is 30.3 Å². The molecule has 1 aromatic rings. The quantitative estimate of drug-likeness (QED) is 0.481. The molecule has 2 unspecified atom stereocenters. The molecular weight excluding hydrogens is 370 g/mol. The van der Waals surface area contributed by atoms with Crippen molar-refractivity contribution in [2.24, 2.45) is 5.92 Å². The van der Waals surface area contributed by atoms with Crippen molar-refractivity contribution < 1.29 is 24.0 Å². The molecule has 1 fully saturated rings. The van der Waals surface area contributed by atoms with Gasteiger partial charge in [-0.3, -0.25) is 24.0 Å². The summed E-state index contributed by atoms with van der Waals surface area (Å²) < 4.78 is 0. The monoisotopic (exact) mass is 391 g/mol. The number of carbonyl (C=O) groups excluding carboxylic acids is 5. The number of amides is 3. The normalized spacial score (nSPS) is 17.8. The smallest absolute Gasteiger partial charge is 0.299 e. The minimum absolute atomic E-state index is 0.276. The zero-order valence-electron chi connectivity index (χ0n) is 15.0. The first-order valence-electron chi connectivity index (χ1n) is 8.49. The minimum atomic E-state index is -1.00. The molecule has 1 aromatic carbocycles. The van der Waals surface area contributed by atoms with E-state index in [-0.39, 0.29) is 18.9 Å². The van der Waals surface area contributed by atoms with Gasteiger partial charge in [-0.25, -0.2) is 0 Å². The molecular formula is C18H21N3O5S. The number of piperidine rings is 1. The second-order valence-electron chi connectivity index (χ2n) is 6.37. The Labute approximate surface area is 160 Å². The van der Waals surface area contributed by atoms with Crippen molar-refractivity contribution in [3.8, 4) is 0 Å². The second kappa shape index (κ2) is 9.31. The maximum Gasteiger partial charge on any atom is 0.299 e. The van der Waals surface area contributed by atoms with E-state index in [0.29, 0.717) is 4.90 Å². The van der Waals surface area contributed by atoms with Gasteiger partial charge in [0.25, 0.3) is 16.9 Å². The molecule has 0 radical (unpaired) electrons. The first-order chi connectivity index (χ1) is 12.8. The predicted molar refractivity (Wildman–Crippen MR) is 98.6 cm³/mol. The molecule has 3 amide bonds. The van der Waals surface area contributed by atoms with Gasteiger partial charge in [0.1, 0.15) is 6.04 Å². The molecule has 3 N–H and O–H groups in total. The van der Waals surface area contributed by atoms with E-state index in [0.717, 1.165) is 11.8 Å². The average Bonchev–Trinajstić information content (AvgIpc) is 2.63. The third-order valence-corrected chi connectivity index (χ3v) is 4.83. The summed E-state index contributed by atoms with van der Waals surface area (Å²) in [6.45, 7) is 3.68. The lowest BCUT2D eigenvalue weighted by molar-refractivity contribution is -0.142. The number of Topliss-reactive ketones (excluding diaryl/α,β-unsaturated/α-hetero) is 1. The van der Waals surface area contributed by atoms with Crippen LogP contribution in [0.4, 0.5) is 0 Å². The summed E-state index contributed by atoms with van der Waals surface area (Å²) in [6, 6.07) is 6.74. The van der Waals surface area contributed by atoms with Gasteiger partial charge in [-0.1, -0.05) is 32.0 Å². The molecule has 0 aromatic heterocycles. The first kappa shape index (κ1) is 20.6. The maximum atomic E-state index is 12.5. The van der Waals surface area contributed by atoms with Gasteiger partial charge in [0.15, 0.2) is 0 Å². The Kier molecular flexibility index (Phi) is 7.12. The third kappa shape index (κ3) is 5.65. The number of nitrogens with one attached hydrogen (secondary N) is 3. The van der Waals surface area contributed by atoms with Crippen LogP contribution in [0.15, 0.2) is 35.2 Å². The number of thioether (sulfide) groups is 1. The lowest BCUT2D eigenvalue weighted by atomic mass is 10.0. The van der Waals surface area contributed by atoms with Gasteiger partial charge >= 0.3 is 0 Å². The van der Waals surface area contributed by atoms with E-state index in [1.807, 2.05) is 0 Å². The van der Waals surface area contributed by atoms with Crippen LogP contribution in [-0.2, 0) is 24.0 Å². The summed E-state index contributed by atoms with van der Waals surface area (Å²) in [5.74, 6) is -3.30. The SMILES string of the molecule is CC(C)C(NC(=O)C(=O)Sc1ccccc1)C(=O)NC1CCNC(=O)C1=O. The Hall–Kier alpha value is -2.68. The van der Waals surface area contributed by atoms with Crippen LogP contribution >= 0.6 is 11.8 Å². The largest absolute Gasteiger partial charge is 0.349 e. The van der Waals surface area contributed by atoms with Crippen LogP contribution in [0.5, 0.6) is 0 Å². The highest BCUT2D eigenvalue weighted by Crippen LogP contribution is 2.18. The van der Waals surface area contributed by atoms with Gasteiger partial charge < -0.3 is 16.0 Å². The van der Waals surface area contributed by atoms with E-state index in [9.17, 15) is 24.0 Å². The van der Waals surface area contributed by atoms with Crippen LogP contribution in [0, 0.1) is 5.92 Å². The lowest BCUT2D eigenvalue weighted by Gasteiger charge is -2.26. The zero-order chi connectivity index (χ0) is 20.0. The van der Waals surface area contributed by atoms with Crippen LogP contribution in [0.1, 0.15) is 20.3 Å². The first-order valence-corrected chi connectivity index (χ1v) is 9.31. The molecule has 0 spiro atoms. The second-order valence-corrected chi connectivity index (χ2v) is 7.41. The van der Waals surface area contributed by atoms with Gasteiger partial charge in [-0.2, -0.15) is 0 Å². The number of ketones is 1. The van der Waals surface area contributed by atoms with E-state index in [2.05, 4.69) is 16.0 Å². The Balaban J connectivity index is 1.98. The molecule has 9 heteroatoms. The highest BCUT2D eigenvalue weighted by atomic mass is 32.2. The molecule has 144 valence electrons. The van der Waals surface area contributed by atoms with Crippen LogP contribution in [0.25, 0.3) is 0 Å². The van der Waals surface area contributed by atoms with Gasteiger partial charge in [0.05, 0.1) is 6.04 Å². The highest BCUT2D eigenvalue weighted by molar-refractivity contribution is 8.15. The molecule has 0 aliphatic carbocycles. The van der Waals surface area contributed by atoms with Crippen LogP contribution in [0.3, 0.4) is 0 Å². The molecule has 8 nitrogen and oxygen atoms in total. The van der Waals surface area contributed by atoms with E-state index in [4.69, 9.17) is 0 Å². The fourth-order valence-electron chi connectivity index (χ4n) is 2.48. The summed E-state index contributed by atoms with van der Waals surface area (Å²) in [4.78, 5) is 60.6.